The molecule has 3 rings (SSSR count). The molecule has 1 saturated heterocycles. The van der Waals surface area contributed by atoms with Crippen LogP contribution >= 0.6 is 0 Å². The molecule has 0 amide bonds. The third-order valence-electron chi connectivity index (χ3n) is 4.95. The molecule has 0 bridgehead atoms. The van der Waals surface area contributed by atoms with E-state index < -0.39 is 12.2 Å². The summed E-state index contributed by atoms with van der Waals surface area (Å²) in [7, 11) is 1.68. The second-order valence-electron chi connectivity index (χ2n) is 6.77. The Bertz CT molecular complexity index is 778. The summed E-state index contributed by atoms with van der Waals surface area (Å²) in [4.78, 5) is 7.73. The number of benzene rings is 1. The van der Waals surface area contributed by atoms with Gasteiger partial charge in [-0.15, -0.1) is 0 Å². The third kappa shape index (κ3) is 4.83. The van der Waals surface area contributed by atoms with Crippen LogP contribution in [-0.2, 0) is 6.54 Å². The van der Waals surface area contributed by atoms with Crippen molar-refractivity contribution < 1.29 is 13.2 Å². The lowest BCUT2D eigenvalue weighted by molar-refractivity contribution is -0.181. The van der Waals surface area contributed by atoms with Crippen molar-refractivity contribution in [1.82, 2.24) is 24.9 Å². The molecule has 152 valence electrons. The number of piperazine rings is 1. The summed E-state index contributed by atoms with van der Waals surface area (Å²) in [5.74, 6) is 0.687. The molecular formula is C19H25F3N6. The maximum atomic E-state index is 12.9. The average Bonchev–Trinajstić information content (AvgIpc) is 3.17. The normalized spacial score (nSPS) is 17.6. The summed E-state index contributed by atoms with van der Waals surface area (Å²) in [5.41, 5.74) is 1.97. The van der Waals surface area contributed by atoms with E-state index in [1.165, 1.54) is 11.8 Å². The van der Waals surface area contributed by atoms with E-state index in [0.717, 1.165) is 11.3 Å². The smallest absolute Gasteiger partial charge is 0.352 e. The first kappa shape index (κ1) is 20.2. The highest BCUT2D eigenvalue weighted by molar-refractivity contribution is 5.80. The number of aliphatic imine (C=N–C) groups is 1. The molecule has 0 aliphatic carbocycles. The third-order valence-corrected chi connectivity index (χ3v) is 4.95. The molecule has 6 nitrogen and oxygen atoms in total. The largest absolute Gasteiger partial charge is 0.403 e. The first-order valence-electron chi connectivity index (χ1n) is 9.24. The molecule has 1 aliphatic heterocycles. The van der Waals surface area contributed by atoms with Crippen LogP contribution in [0.5, 0.6) is 0 Å². The predicted molar refractivity (Wildman–Crippen MR) is 102 cm³/mol. The average molecular weight is 394 g/mol. The van der Waals surface area contributed by atoms with Crippen molar-refractivity contribution in [3.63, 3.8) is 0 Å². The van der Waals surface area contributed by atoms with Crippen LogP contribution in [0.4, 0.5) is 13.2 Å². The van der Waals surface area contributed by atoms with Crippen LogP contribution < -0.4 is 5.32 Å². The highest BCUT2D eigenvalue weighted by Crippen LogP contribution is 2.25. The Balaban J connectivity index is 1.53. The fourth-order valence-corrected chi connectivity index (χ4v) is 3.21. The highest BCUT2D eigenvalue weighted by atomic mass is 19.4. The van der Waals surface area contributed by atoms with Gasteiger partial charge in [-0.05, 0) is 19.1 Å². The number of rotatable bonds is 4. The van der Waals surface area contributed by atoms with Gasteiger partial charge >= 0.3 is 6.18 Å². The number of alkyl halides is 3. The molecule has 1 aliphatic rings. The number of nitrogens with one attached hydrogen (secondary N) is 1. The van der Waals surface area contributed by atoms with Gasteiger partial charge in [0.05, 0.1) is 11.9 Å². The van der Waals surface area contributed by atoms with E-state index >= 15 is 0 Å². The lowest BCUT2D eigenvalue weighted by Crippen LogP contribution is -2.56. The number of hydrogen-bond donors (Lipinski definition) is 1. The summed E-state index contributed by atoms with van der Waals surface area (Å²) < 4.78 is 40.5. The zero-order valence-corrected chi connectivity index (χ0v) is 16.0. The molecule has 1 atom stereocenters. The highest BCUT2D eigenvalue weighted by Gasteiger charge is 2.41. The lowest BCUT2D eigenvalue weighted by Gasteiger charge is -2.39. The van der Waals surface area contributed by atoms with Crippen molar-refractivity contribution in [1.29, 1.82) is 0 Å². The fraction of sp³-hybridized carbons (Fsp3) is 0.474. The van der Waals surface area contributed by atoms with Gasteiger partial charge in [-0.3, -0.25) is 9.89 Å². The van der Waals surface area contributed by atoms with Gasteiger partial charge in [0.1, 0.15) is 6.04 Å². The second kappa shape index (κ2) is 8.64. The van der Waals surface area contributed by atoms with E-state index in [0.29, 0.717) is 38.7 Å². The van der Waals surface area contributed by atoms with Crippen molar-refractivity contribution in [2.24, 2.45) is 4.99 Å². The standard InChI is InChI=1S/C19H25F3N6/c1-15(19(20,21)22)26-8-10-27(11-9-26)18(23-2)24-12-16-13-25-28(14-16)17-6-4-3-5-7-17/h3-7,13-15H,8-12H2,1-2H3,(H,23,24). The summed E-state index contributed by atoms with van der Waals surface area (Å²) in [6.07, 6.45) is -0.463. The Morgan fingerprint density at radius 1 is 1.18 bits per heavy atom. The van der Waals surface area contributed by atoms with Crippen molar-refractivity contribution in [3.8, 4) is 5.69 Å². The van der Waals surface area contributed by atoms with Crippen LogP contribution in [0.3, 0.4) is 0 Å². The molecule has 1 aromatic heterocycles. The Morgan fingerprint density at radius 3 is 2.46 bits per heavy atom. The SMILES string of the molecule is CN=C(NCc1cnn(-c2ccccc2)c1)N1CCN(C(C)C(F)(F)F)CC1. The summed E-state index contributed by atoms with van der Waals surface area (Å²) >= 11 is 0. The van der Waals surface area contributed by atoms with E-state index in [9.17, 15) is 13.2 Å². The Kier molecular flexibility index (Phi) is 6.23. The number of nitrogens with zero attached hydrogens (tertiary/aromatic N) is 5. The van der Waals surface area contributed by atoms with Crippen molar-refractivity contribution in [2.75, 3.05) is 33.2 Å². The molecule has 1 N–H and O–H groups in total. The van der Waals surface area contributed by atoms with E-state index in [1.807, 2.05) is 41.4 Å². The van der Waals surface area contributed by atoms with Crippen molar-refractivity contribution in [2.45, 2.75) is 25.7 Å². The molecule has 1 aromatic carbocycles. The zero-order chi connectivity index (χ0) is 20.1. The minimum Gasteiger partial charge on any atom is -0.352 e. The van der Waals surface area contributed by atoms with Gasteiger partial charge in [-0.1, -0.05) is 18.2 Å². The topological polar surface area (TPSA) is 48.7 Å². The van der Waals surface area contributed by atoms with Crippen LogP contribution in [0, 0.1) is 0 Å². The van der Waals surface area contributed by atoms with Gasteiger partial charge < -0.3 is 10.2 Å². The quantitative estimate of drug-likeness (QED) is 0.640. The first-order chi connectivity index (χ1) is 13.4. The fourth-order valence-electron chi connectivity index (χ4n) is 3.21. The van der Waals surface area contributed by atoms with Gasteiger partial charge in [-0.25, -0.2) is 4.68 Å². The van der Waals surface area contributed by atoms with Crippen LogP contribution in [0.2, 0.25) is 0 Å². The first-order valence-corrected chi connectivity index (χ1v) is 9.24. The van der Waals surface area contributed by atoms with Crippen LogP contribution in [-0.4, -0.2) is 71.0 Å². The van der Waals surface area contributed by atoms with Crippen LogP contribution in [0.25, 0.3) is 5.69 Å². The second-order valence-corrected chi connectivity index (χ2v) is 6.77. The molecule has 0 radical (unpaired) electrons. The van der Waals surface area contributed by atoms with Crippen LogP contribution in [0.1, 0.15) is 12.5 Å². The molecule has 1 unspecified atom stereocenters. The molecular weight excluding hydrogens is 369 g/mol. The molecule has 1 fully saturated rings. The van der Waals surface area contributed by atoms with Crippen molar-refractivity contribution in [3.05, 3.63) is 48.3 Å². The Morgan fingerprint density at radius 2 is 1.86 bits per heavy atom. The predicted octanol–water partition coefficient (Wildman–Crippen LogP) is 2.52. The van der Waals surface area contributed by atoms with Crippen LogP contribution in [0.15, 0.2) is 47.7 Å². The van der Waals surface area contributed by atoms with E-state index in [2.05, 4.69) is 15.4 Å². The molecule has 0 spiro atoms. The number of hydrogen-bond acceptors (Lipinski definition) is 3. The summed E-state index contributed by atoms with van der Waals surface area (Å²) in [5, 5.41) is 7.64. The molecule has 28 heavy (non-hydrogen) atoms. The number of guanidine groups is 1. The Labute approximate surface area is 162 Å². The van der Waals surface area contributed by atoms with Gasteiger partial charge in [-0.2, -0.15) is 18.3 Å². The number of halogens is 3. The van der Waals surface area contributed by atoms with E-state index in [1.54, 1.807) is 17.9 Å². The molecule has 0 saturated carbocycles. The minimum atomic E-state index is -4.19. The van der Waals surface area contributed by atoms with Gasteiger partial charge in [0.25, 0.3) is 0 Å². The molecule has 2 aromatic rings. The summed E-state index contributed by atoms with van der Waals surface area (Å²) in [6, 6.07) is 8.39. The molecule has 2 heterocycles. The van der Waals surface area contributed by atoms with Gasteiger partial charge in [0.2, 0.25) is 0 Å². The lowest BCUT2D eigenvalue weighted by atomic mass is 10.2. The maximum Gasteiger partial charge on any atom is 0.403 e. The van der Waals surface area contributed by atoms with Crippen molar-refractivity contribution >= 4 is 5.96 Å². The van der Waals surface area contributed by atoms with Gasteiger partial charge in [0, 0.05) is 51.5 Å². The number of para-hydroxylation sites is 1. The number of aromatic nitrogens is 2. The Hall–Kier alpha value is -2.55. The minimum absolute atomic E-state index is 0.354. The van der Waals surface area contributed by atoms with Gasteiger partial charge in [0.15, 0.2) is 5.96 Å². The van der Waals surface area contributed by atoms with E-state index in [-0.39, 0.29) is 0 Å². The van der Waals surface area contributed by atoms with E-state index in [4.69, 9.17) is 0 Å². The maximum absolute atomic E-state index is 12.9. The summed E-state index contributed by atoms with van der Waals surface area (Å²) in [6.45, 7) is 3.47. The zero-order valence-electron chi connectivity index (χ0n) is 16.0. The monoisotopic (exact) mass is 394 g/mol. The molecule has 9 heteroatoms.